The van der Waals surface area contributed by atoms with E-state index in [1.807, 2.05) is 0 Å². The summed E-state index contributed by atoms with van der Waals surface area (Å²) in [5, 5.41) is 30.8. The fourth-order valence-electron chi connectivity index (χ4n) is 11.1. The third kappa shape index (κ3) is 7.38. The van der Waals surface area contributed by atoms with Crippen LogP contribution in [0.4, 0.5) is 0 Å². The molecule has 10 aromatic rings. The van der Waals surface area contributed by atoms with Gasteiger partial charge in [0.05, 0.1) is 11.4 Å². The van der Waals surface area contributed by atoms with Gasteiger partial charge in [0.2, 0.25) is 0 Å². The number of pyridine rings is 2. The normalized spacial score (nSPS) is 12.2. The van der Waals surface area contributed by atoms with Gasteiger partial charge in [-0.15, -0.1) is 0 Å². The Balaban J connectivity index is 1.28. The lowest BCUT2D eigenvalue weighted by atomic mass is 9.81. The minimum atomic E-state index is -0.351. The zero-order chi connectivity index (χ0) is 48.1. The maximum atomic E-state index is 12.3. The van der Waals surface area contributed by atoms with Gasteiger partial charge in [-0.2, -0.15) is 0 Å². The summed E-state index contributed by atoms with van der Waals surface area (Å²) in [6.45, 7) is 25.9. The highest BCUT2D eigenvalue weighted by atomic mass is 16.3. The van der Waals surface area contributed by atoms with Crippen LogP contribution in [-0.2, 0) is 10.8 Å². The number of phenols is 2. The van der Waals surface area contributed by atoms with E-state index in [0.717, 1.165) is 88.2 Å². The van der Waals surface area contributed by atoms with Crippen LogP contribution in [0.5, 0.6) is 11.5 Å². The lowest BCUT2D eigenvalue weighted by Crippen LogP contribution is -2.12. The molecule has 2 heterocycles. The molecule has 0 aliphatic rings. The number of hydrogen-bond acceptors (Lipinski definition) is 4. The first kappa shape index (κ1) is 44.5. The van der Waals surface area contributed by atoms with Crippen LogP contribution < -0.4 is 0 Å². The molecule has 0 amide bonds. The second kappa shape index (κ2) is 16.2. The number of benzene rings is 8. The van der Waals surface area contributed by atoms with E-state index >= 15 is 0 Å². The first-order chi connectivity index (χ1) is 32.3. The summed E-state index contributed by atoms with van der Waals surface area (Å²) >= 11 is 0. The maximum Gasteiger partial charge on any atom is 0.145 e. The summed E-state index contributed by atoms with van der Waals surface area (Å²) in [7, 11) is 0. The SMILES string of the molecule is Cc1cc(C)c(-c2cc(C(C)(C)C)c(O)c3nc(-c4ccc5ccccc5c4-c4c(-c5ccc6c(-c7c(C)cc(C)cc7C)cc(C(C)(C)C)c(O)c6n5)ccc5ccccc45)ccc23)c(C)c1. The topological polar surface area (TPSA) is 66.2 Å². The minimum Gasteiger partial charge on any atom is -0.505 e. The van der Waals surface area contributed by atoms with Crippen molar-refractivity contribution in [3.8, 4) is 67.4 Å². The zero-order valence-electron chi connectivity index (χ0n) is 41.5. The Hall–Kier alpha value is -7.30. The van der Waals surface area contributed by atoms with Crippen LogP contribution in [0.2, 0.25) is 0 Å². The van der Waals surface area contributed by atoms with E-state index in [1.165, 1.54) is 44.5 Å². The van der Waals surface area contributed by atoms with Crippen LogP contribution >= 0.6 is 0 Å². The Morgan fingerprint density at radius 1 is 0.353 bits per heavy atom. The van der Waals surface area contributed by atoms with Gasteiger partial charge in [0, 0.05) is 44.2 Å². The highest BCUT2D eigenvalue weighted by Crippen LogP contribution is 2.50. The first-order valence-electron chi connectivity index (χ1n) is 23.9. The number of phenolic OH excluding ortho intramolecular Hbond substituents is 2. The van der Waals surface area contributed by atoms with Crippen LogP contribution in [0.1, 0.15) is 86.1 Å². The highest BCUT2D eigenvalue weighted by molar-refractivity contribution is 6.15. The predicted molar refractivity (Wildman–Crippen MR) is 288 cm³/mol. The fraction of sp³-hybridized carbons (Fsp3) is 0.219. The van der Waals surface area contributed by atoms with Gasteiger partial charge in [-0.05, 0) is 155 Å². The molecule has 0 saturated carbocycles. The van der Waals surface area contributed by atoms with Crippen molar-refractivity contribution in [1.82, 2.24) is 9.97 Å². The summed E-state index contributed by atoms with van der Waals surface area (Å²) in [6.07, 6.45) is 0. The zero-order valence-corrected chi connectivity index (χ0v) is 41.5. The first-order valence-corrected chi connectivity index (χ1v) is 23.9. The van der Waals surface area contributed by atoms with E-state index in [2.05, 4.69) is 217 Å². The maximum absolute atomic E-state index is 12.3. The molecular weight excluding hydrogens is 829 g/mol. The summed E-state index contributed by atoms with van der Waals surface area (Å²) in [6, 6.07) is 47.7. The van der Waals surface area contributed by atoms with E-state index in [4.69, 9.17) is 9.97 Å². The molecule has 0 saturated heterocycles. The summed E-state index contributed by atoms with van der Waals surface area (Å²) in [4.78, 5) is 11.0. The molecule has 4 heteroatoms. The average molecular weight is 889 g/mol. The van der Waals surface area contributed by atoms with E-state index < -0.39 is 0 Å². The van der Waals surface area contributed by atoms with Crippen LogP contribution in [0.15, 0.2) is 133 Å². The molecule has 0 aliphatic carbocycles. The van der Waals surface area contributed by atoms with E-state index in [0.29, 0.717) is 11.0 Å². The van der Waals surface area contributed by atoms with Gasteiger partial charge >= 0.3 is 0 Å². The predicted octanol–water partition coefficient (Wildman–Crippen LogP) is 17.3. The number of fused-ring (bicyclic) bond motifs is 4. The molecule has 0 bridgehead atoms. The summed E-state index contributed by atoms with van der Waals surface area (Å²) < 4.78 is 0. The molecule has 0 radical (unpaired) electrons. The molecular formula is C64H60N2O2. The Morgan fingerprint density at radius 2 is 0.706 bits per heavy atom. The average Bonchev–Trinajstić information content (AvgIpc) is 3.28. The van der Waals surface area contributed by atoms with Crippen LogP contribution in [0.3, 0.4) is 0 Å². The number of hydrogen-bond donors (Lipinski definition) is 2. The van der Waals surface area contributed by atoms with Gasteiger partial charge in [0.1, 0.15) is 22.5 Å². The molecule has 10 rings (SSSR count). The molecule has 2 N–H and O–H groups in total. The van der Waals surface area contributed by atoms with Crippen LogP contribution in [0.25, 0.3) is 99.2 Å². The lowest BCUT2D eigenvalue weighted by Gasteiger charge is -2.25. The molecule has 2 aromatic heterocycles. The highest BCUT2D eigenvalue weighted by Gasteiger charge is 2.28. The Kier molecular flexibility index (Phi) is 10.6. The molecule has 0 spiro atoms. The third-order valence-corrected chi connectivity index (χ3v) is 14.1. The third-order valence-electron chi connectivity index (χ3n) is 14.1. The van der Waals surface area contributed by atoms with Crippen molar-refractivity contribution in [3.05, 3.63) is 178 Å². The Labute approximate surface area is 401 Å². The van der Waals surface area contributed by atoms with Crippen molar-refractivity contribution in [2.75, 3.05) is 0 Å². The smallest absolute Gasteiger partial charge is 0.145 e. The van der Waals surface area contributed by atoms with Gasteiger partial charge < -0.3 is 10.2 Å². The number of aromatic nitrogens is 2. The second-order valence-electron chi connectivity index (χ2n) is 21.3. The summed E-state index contributed by atoms with van der Waals surface area (Å²) in [5.74, 6) is 0.415. The molecule has 8 aromatic carbocycles. The van der Waals surface area contributed by atoms with Crippen LogP contribution in [0, 0.1) is 41.5 Å². The van der Waals surface area contributed by atoms with Crippen molar-refractivity contribution in [3.63, 3.8) is 0 Å². The molecule has 0 fully saturated rings. The monoisotopic (exact) mass is 888 g/mol. The largest absolute Gasteiger partial charge is 0.505 e. The molecule has 0 unspecified atom stereocenters. The Morgan fingerprint density at radius 3 is 1.06 bits per heavy atom. The lowest BCUT2D eigenvalue weighted by molar-refractivity contribution is 0.451. The van der Waals surface area contributed by atoms with Crippen molar-refractivity contribution in [1.29, 1.82) is 0 Å². The standard InChI is InChI=1S/C64H60N2O2/c1-35-29-37(3)55(38(4)30-35)49-33-51(63(7,8)9)61(67)59-45(49)25-27-53(65-59)47-23-21-41-17-13-15-19-43(41)57(47)58-44-20-16-14-18-42(44)22-24-48(58)54-28-26-46-50(56-39(5)31-36(2)32-40(56)6)34-52(64(10,11)12)62(68)60(46)66-54/h13-34,67-68H,1-12H3. The minimum absolute atomic E-state index is 0.207. The van der Waals surface area contributed by atoms with Crippen molar-refractivity contribution in [2.45, 2.75) is 93.9 Å². The number of rotatable bonds is 5. The molecule has 4 nitrogen and oxygen atoms in total. The van der Waals surface area contributed by atoms with E-state index in [1.54, 1.807) is 0 Å². The van der Waals surface area contributed by atoms with Gasteiger partial charge in [0.25, 0.3) is 0 Å². The molecule has 68 heavy (non-hydrogen) atoms. The van der Waals surface area contributed by atoms with Gasteiger partial charge in [-0.3, -0.25) is 0 Å². The number of aryl methyl sites for hydroxylation is 6. The molecule has 0 atom stereocenters. The number of aromatic hydroxyl groups is 2. The molecule has 0 aliphatic heterocycles. The second-order valence-corrected chi connectivity index (χ2v) is 21.3. The fourth-order valence-corrected chi connectivity index (χ4v) is 11.1. The van der Waals surface area contributed by atoms with Gasteiger partial charge in [-0.1, -0.05) is 150 Å². The number of nitrogens with zero attached hydrogens (tertiary/aromatic N) is 2. The Bertz CT molecular complexity index is 3440. The van der Waals surface area contributed by atoms with Gasteiger partial charge in [0.15, 0.2) is 0 Å². The van der Waals surface area contributed by atoms with E-state index in [9.17, 15) is 10.2 Å². The molecule has 338 valence electrons. The van der Waals surface area contributed by atoms with Crippen LogP contribution in [-0.4, -0.2) is 20.2 Å². The quantitative estimate of drug-likeness (QED) is 0.181. The van der Waals surface area contributed by atoms with Gasteiger partial charge in [-0.25, -0.2) is 9.97 Å². The van der Waals surface area contributed by atoms with Crippen molar-refractivity contribution in [2.24, 2.45) is 0 Å². The van der Waals surface area contributed by atoms with E-state index in [-0.39, 0.29) is 22.3 Å². The van der Waals surface area contributed by atoms with Crippen molar-refractivity contribution >= 4 is 43.4 Å². The van der Waals surface area contributed by atoms with Crippen molar-refractivity contribution < 1.29 is 10.2 Å². The summed E-state index contributed by atoms with van der Waals surface area (Å²) in [5.41, 5.74) is 19.4.